The fourth-order valence-corrected chi connectivity index (χ4v) is 1.46. The summed E-state index contributed by atoms with van der Waals surface area (Å²) in [6, 6.07) is 0. The van der Waals surface area contributed by atoms with Crippen LogP contribution in [0.25, 0.3) is 0 Å². The highest BCUT2D eigenvalue weighted by molar-refractivity contribution is 5.81. The number of hydrogen-bond donors (Lipinski definition) is 0. The lowest BCUT2D eigenvalue weighted by atomic mass is 9.75. The van der Waals surface area contributed by atoms with Gasteiger partial charge in [0.1, 0.15) is 0 Å². The number of carbonyl (C=O) groups is 2. The van der Waals surface area contributed by atoms with Gasteiger partial charge in [-0.25, -0.2) is 4.79 Å². The Balaban J connectivity index is 2.25. The highest BCUT2D eigenvalue weighted by atomic mass is 16.5. The van der Waals surface area contributed by atoms with E-state index < -0.39 is 0 Å². The minimum atomic E-state index is -0.355. The van der Waals surface area contributed by atoms with E-state index in [9.17, 15) is 9.59 Å². The molecule has 78 valence electrons. The lowest BCUT2D eigenvalue weighted by Crippen LogP contribution is -2.30. The summed E-state index contributed by atoms with van der Waals surface area (Å²) < 4.78 is 9.04. The molecule has 1 rings (SSSR count). The van der Waals surface area contributed by atoms with Gasteiger partial charge in [-0.05, 0) is 18.8 Å². The molecule has 0 amide bonds. The molecule has 4 nitrogen and oxygen atoms in total. The number of rotatable bonds is 3. The van der Waals surface area contributed by atoms with Gasteiger partial charge in [0.25, 0.3) is 0 Å². The minimum absolute atomic E-state index is 0.00676. The molecule has 0 aromatic carbocycles. The molecule has 0 unspecified atom stereocenters. The smallest absolute Gasteiger partial charge is 0.330 e. The first-order chi connectivity index (χ1) is 6.67. The van der Waals surface area contributed by atoms with E-state index in [0.717, 1.165) is 12.8 Å². The molecule has 0 aromatic heterocycles. The van der Waals surface area contributed by atoms with Crippen molar-refractivity contribution in [3.63, 3.8) is 0 Å². The lowest BCUT2D eigenvalue weighted by molar-refractivity contribution is -0.149. The molecule has 0 heterocycles. The maximum Gasteiger partial charge on any atom is 0.330 e. The van der Waals surface area contributed by atoms with E-state index in [4.69, 9.17) is 0 Å². The zero-order valence-corrected chi connectivity index (χ0v) is 8.36. The third-order valence-electron chi connectivity index (χ3n) is 2.41. The number of hydrogen-bond acceptors (Lipinski definition) is 4. The second-order valence-corrected chi connectivity index (χ2v) is 3.33. The standard InChI is InChI=1S/C10H14O4/c1-13-9(11)4-3-7-5-8(6-7)10(12)14-2/h3-4,7-8H,5-6H2,1-2H3/b4-3+. The van der Waals surface area contributed by atoms with Gasteiger partial charge in [-0.15, -0.1) is 0 Å². The molecule has 0 atom stereocenters. The molecule has 0 aliphatic heterocycles. The molecule has 4 heteroatoms. The number of methoxy groups -OCH3 is 2. The van der Waals surface area contributed by atoms with Crippen molar-refractivity contribution in [3.8, 4) is 0 Å². The van der Waals surface area contributed by atoms with Gasteiger partial charge < -0.3 is 9.47 Å². The van der Waals surface area contributed by atoms with Crippen LogP contribution in [0.15, 0.2) is 12.2 Å². The summed E-state index contributed by atoms with van der Waals surface area (Å²) in [4.78, 5) is 21.7. The zero-order chi connectivity index (χ0) is 10.6. The fourth-order valence-electron chi connectivity index (χ4n) is 1.46. The van der Waals surface area contributed by atoms with E-state index >= 15 is 0 Å². The van der Waals surface area contributed by atoms with Crippen LogP contribution in [0.1, 0.15) is 12.8 Å². The van der Waals surface area contributed by atoms with Crippen molar-refractivity contribution in [1.82, 2.24) is 0 Å². The van der Waals surface area contributed by atoms with Crippen LogP contribution >= 0.6 is 0 Å². The third-order valence-corrected chi connectivity index (χ3v) is 2.41. The van der Waals surface area contributed by atoms with Crippen LogP contribution in [-0.4, -0.2) is 26.2 Å². The second kappa shape index (κ2) is 4.79. The molecular weight excluding hydrogens is 184 g/mol. The van der Waals surface area contributed by atoms with Crippen LogP contribution in [0, 0.1) is 11.8 Å². The van der Waals surface area contributed by atoms with Crippen molar-refractivity contribution in [1.29, 1.82) is 0 Å². The first-order valence-electron chi connectivity index (χ1n) is 4.51. The predicted molar refractivity (Wildman–Crippen MR) is 49.4 cm³/mol. The Morgan fingerprint density at radius 2 is 1.86 bits per heavy atom. The maximum absolute atomic E-state index is 11.0. The lowest BCUT2D eigenvalue weighted by Gasteiger charge is -2.30. The van der Waals surface area contributed by atoms with Crippen molar-refractivity contribution in [2.75, 3.05) is 14.2 Å². The van der Waals surface area contributed by atoms with Crippen molar-refractivity contribution in [3.05, 3.63) is 12.2 Å². The number of esters is 2. The summed E-state index contributed by atoms with van der Waals surface area (Å²) in [7, 11) is 2.73. The molecule has 0 spiro atoms. The van der Waals surface area contributed by atoms with Gasteiger partial charge in [-0.2, -0.15) is 0 Å². The molecule has 1 aliphatic rings. The summed E-state index contributed by atoms with van der Waals surface area (Å²) in [6.07, 6.45) is 4.71. The van der Waals surface area contributed by atoms with Gasteiger partial charge in [0.15, 0.2) is 0 Å². The normalized spacial score (nSPS) is 25.6. The van der Waals surface area contributed by atoms with Crippen molar-refractivity contribution < 1.29 is 19.1 Å². The summed E-state index contributed by atoms with van der Waals surface area (Å²) in [5.74, 6) is -0.204. The quantitative estimate of drug-likeness (QED) is 0.499. The SMILES string of the molecule is COC(=O)/C=C/C1CC(C(=O)OC)C1. The first-order valence-corrected chi connectivity index (χ1v) is 4.51. The summed E-state index contributed by atoms with van der Waals surface area (Å²) in [5.41, 5.74) is 0. The largest absolute Gasteiger partial charge is 0.469 e. The summed E-state index contributed by atoms with van der Waals surface area (Å²) in [6.45, 7) is 0. The summed E-state index contributed by atoms with van der Waals surface area (Å²) in [5, 5.41) is 0. The Bertz CT molecular complexity index is 251. The van der Waals surface area contributed by atoms with Gasteiger partial charge in [-0.1, -0.05) is 6.08 Å². The van der Waals surface area contributed by atoms with Gasteiger partial charge in [0.05, 0.1) is 20.1 Å². The average molecular weight is 198 g/mol. The molecule has 0 saturated heterocycles. The third kappa shape index (κ3) is 2.58. The van der Waals surface area contributed by atoms with E-state index in [-0.39, 0.29) is 17.9 Å². The topological polar surface area (TPSA) is 52.6 Å². The van der Waals surface area contributed by atoms with Crippen LogP contribution in [0.5, 0.6) is 0 Å². The van der Waals surface area contributed by atoms with E-state index in [0.29, 0.717) is 5.92 Å². The molecule has 1 fully saturated rings. The van der Waals surface area contributed by atoms with Crippen LogP contribution in [0.3, 0.4) is 0 Å². The molecule has 0 N–H and O–H groups in total. The average Bonchev–Trinajstić information content (AvgIpc) is 2.14. The van der Waals surface area contributed by atoms with Gasteiger partial charge >= 0.3 is 11.9 Å². The summed E-state index contributed by atoms with van der Waals surface area (Å²) >= 11 is 0. The molecule has 1 aliphatic carbocycles. The molecule has 14 heavy (non-hydrogen) atoms. The van der Waals surface area contributed by atoms with Crippen LogP contribution in [0.4, 0.5) is 0 Å². The first kappa shape index (κ1) is 10.8. The van der Waals surface area contributed by atoms with Crippen molar-refractivity contribution in [2.24, 2.45) is 11.8 Å². The van der Waals surface area contributed by atoms with E-state index in [1.807, 2.05) is 0 Å². The van der Waals surface area contributed by atoms with E-state index in [2.05, 4.69) is 9.47 Å². The van der Waals surface area contributed by atoms with Gasteiger partial charge in [-0.3, -0.25) is 4.79 Å². The second-order valence-electron chi connectivity index (χ2n) is 3.33. The van der Waals surface area contributed by atoms with Gasteiger partial charge in [0.2, 0.25) is 0 Å². The molecular formula is C10H14O4. The number of allylic oxidation sites excluding steroid dienone is 1. The molecule has 0 bridgehead atoms. The Morgan fingerprint density at radius 3 is 2.36 bits per heavy atom. The van der Waals surface area contributed by atoms with Crippen LogP contribution in [-0.2, 0) is 19.1 Å². The molecule has 0 radical (unpaired) electrons. The molecule has 0 aromatic rings. The maximum atomic E-state index is 11.0. The number of ether oxygens (including phenoxy) is 2. The highest BCUT2D eigenvalue weighted by Gasteiger charge is 2.33. The Morgan fingerprint density at radius 1 is 1.21 bits per heavy atom. The zero-order valence-electron chi connectivity index (χ0n) is 8.36. The van der Waals surface area contributed by atoms with Gasteiger partial charge in [0, 0.05) is 6.08 Å². The number of carbonyl (C=O) groups excluding carboxylic acids is 2. The van der Waals surface area contributed by atoms with Crippen LogP contribution in [0.2, 0.25) is 0 Å². The molecule has 1 saturated carbocycles. The Kier molecular flexibility index (Phi) is 3.68. The Hall–Kier alpha value is -1.32. The fraction of sp³-hybridized carbons (Fsp3) is 0.600. The monoisotopic (exact) mass is 198 g/mol. The minimum Gasteiger partial charge on any atom is -0.469 e. The van der Waals surface area contributed by atoms with E-state index in [1.165, 1.54) is 20.3 Å². The van der Waals surface area contributed by atoms with Crippen LogP contribution < -0.4 is 0 Å². The highest BCUT2D eigenvalue weighted by Crippen LogP contribution is 2.35. The predicted octanol–water partition coefficient (Wildman–Crippen LogP) is 0.915. The van der Waals surface area contributed by atoms with Crippen molar-refractivity contribution in [2.45, 2.75) is 12.8 Å². The van der Waals surface area contributed by atoms with Crippen molar-refractivity contribution >= 4 is 11.9 Å². The van der Waals surface area contributed by atoms with E-state index in [1.54, 1.807) is 6.08 Å². The Labute approximate surface area is 82.9 Å².